The van der Waals surface area contributed by atoms with E-state index in [1.807, 2.05) is 6.07 Å². The number of aromatic nitrogens is 2. The third-order valence-electron chi connectivity index (χ3n) is 3.11. The Morgan fingerprint density at radius 1 is 1.48 bits per heavy atom. The fourth-order valence-electron chi connectivity index (χ4n) is 1.85. The maximum absolute atomic E-state index is 12.5. The maximum atomic E-state index is 12.5. The number of hydrogen-bond acceptors (Lipinski definition) is 5. The SMILES string of the molecule is CN(Cc1nccn1C)S(=O)(=O)c1ccc(C#N)cc1N. The van der Waals surface area contributed by atoms with Gasteiger partial charge in [-0.15, -0.1) is 0 Å². The van der Waals surface area contributed by atoms with Crippen LogP contribution >= 0.6 is 0 Å². The Morgan fingerprint density at radius 2 is 2.19 bits per heavy atom. The monoisotopic (exact) mass is 305 g/mol. The van der Waals surface area contributed by atoms with Crippen LogP contribution in [0.3, 0.4) is 0 Å². The summed E-state index contributed by atoms with van der Waals surface area (Å²) in [6, 6.07) is 6.04. The zero-order valence-corrected chi connectivity index (χ0v) is 12.5. The van der Waals surface area contributed by atoms with E-state index in [1.165, 1.54) is 29.6 Å². The van der Waals surface area contributed by atoms with Crippen molar-refractivity contribution in [3.8, 4) is 6.07 Å². The zero-order valence-electron chi connectivity index (χ0n) is 11.7. The summed E-state index contributed by atoms with van der Waals surface area (Å²) in [7, 11) is -0.491. The Bertz CT molecular complexity index is 804. The number of imidazole rings is 1. The molecule has 7 nitrogen and oxygen atoms in total. The summed E-state index contributed by atoms with van der Waals surface area (Å²) in [6.45, 7) is 0.130. The number of aryl methyl sites for hydroxylation is 1. The lowest BCUT2D eigenvalue weighted by Crippen LogP contribution is -2.28. The number of nitrogen functional groups attached to an aromatic ring is 1. The van der Waals surface area contributed by atoms with E-state index in [0.717, 1.165) is 0 Å². The van der Waals surface area contributed by atoms with E-state index >= 15 is 0 Å². The molecule has 0 amide bonds. The fourth-order valence-corrected chi connectivity index (χ4v) is 3.07. The summed E-state index contributed by atoms with van der Waals surface area (Å²) in [4.78, 5) is 4.08. The molecule has 0 aliphatic rings. The van der Waals surface area contributed by atoms with Crippen molar-refractivity contribution in [1.82, 2.24) is 13.9 Å². The Hall–Kier alpha value is -2.37. The summed E-state index contributed by atoms with van der Waals surface area (Å²) < 4.78 is 28.0. The molecule has 21 heavy (non-hydrogen) atoms. The Kier molecular flexibility index (Phi) is 3.97. The van der Waals surface area contributed by atoms with Crippen molar-refractivity contribution in [1.29, 1.82) is 5.26 Å². The van der Waals surface area contributed by atoms with Crippen molar-refractivity contribution in [3.05, 3.63) is 42.0 Å². The highest BCUT2D eigenvalue weighted by atomic mass is 32.2. The van der Waals surface area contributed by atoms with Gasteiger partial charge in [0, 0.05) is 26.5 Å². The van der Waals surface area contributed by atoms with Crippen LogP contribution < -0.4 is 5.73 Å². The number of anilines is 1. The number of sulfonamides is 1. The molecule has 0 atom stereocenters. The lowest BCUT2D eigenvalue weighted by Gasteiger charge is -2.18. The molecule has 2 rings (SSSR count). The number of hydrogen-bond donors (Lipinski definition) is 1. The fraction of sp³-hybridized carbons (Fsp3) is 0.231. The molecule has 0 unspecified atom stereocenters. The third-order valence-corrected chi connectivity index (χ3v) is 4.99. The van der Waals surface area contributed by atoms with Crippen molar-refractivity contribution in [2.24, 2.45) is 7.05 Å². The van der Waals surface area contributed by atoms with E-state index in [-0.39, 0.29) is 17.1 Å². The first-order chi connectivity index (χ1) is 9.86. The highest BCUT2D eigenvalue weighted by Gasteiger charge is 2.24. The van der Waals surface area contributed by atoms with Gasteiger partial charge in [-0.2, -0.15) is 9.57 Å². The van der Waals surface area contributed by atoms with E-state index in [2.05, 4.69) is 4.98 Å². The van der Waals surface area contributed by atoms with Crippen LogP contribution in [0.2, 0.25) is 0 Å². The van der Waals surface area contributed by atoms with Crippen LogP contribution in [0.25, 0.3) is 0 Å². The normalized spacial score (nSPS) is 11.5. The van der Waals surface area contributed by atoms with Gasteiger partial charge in [0.2, 0.25) is 10.0 Å². The minimum atomic E-state index is -3.74. The van der Waals surface area contributed by atoms with E-state index in [4.69, 9.17) is 11.0 Å². The summed E-state index contributed by atoms with van der Waals surface area (Å²) >= 11 is 0. The van der Waals surface area contributed by atoms with Crippen molar-refractivity contribution >= 4 is 15.7 Å². The summed E-state index contributed by atoms with van der Waals surface area (Å²) in [6.07, 6.45) is 3.34. The molecule has 110 valence electrons. The van der Waals surface area contributed by atoms with E-state index in [1.54, 1.807) is 24.0 Å². The molecule has 0 bridgehead atoms. The van der Waals surface area contributed by atoms with Gasteiger partial charge in [-0.25, -0.2) is 13.4 Å². The Labute approximate surface area is 123 Å². The molecule has 0 aliphatic heterocycles. The molecule has 2 aromatic rings. The van der Waals surface area contributed by atoms with Crippen molar-refractivity contribution in [2.75, 3.05) is 12.8 Å². The minimum Gasteiger partial charge on any atom is -0.398 e. The zero-order chi connectivity index (χ0) is 15.6. The first-order valence-electron chi connectivity index (χ1n) is 6.08. The molecule has 0 saturated heterocycles. The molecule has 0 spiro atoms. The van der Waals surface area contributed by atoms with E-state index < -0.39 is 10.0 Å². The smallest absolute Gasteiger partial charge is 0.245 e. The first-order valence-corrected chi connectivity index (χ1v) is 7.52. The molecular weight excluding hydrogens is 290 g/mol. The van der Waals surface area contributed by atoms with Crippen LogP contribution in [0.15, 0.2) is 35.5 Å². The molecule has 0 radical (unpaired) electrons. The first kappa shape index (κ1) is 15.0. The van der Waals surface area contributed by atoms with Crippen LogP contribution in [-0.4, -0.2) is 29.3 Å². The summed E-state index contributed by atoms with van der Waals surface area (Å²) in [5, 5.41) is 8.79. The van der Waals surface area contributed by atoms with Gasteiger partial charge >= 0.3 is 0 Å². The minimum absolute atomic E-state index is 0.0155. The molecule has 1 heterocycles. The molecule has 1 aromatic heterocycles. The quantitative estimate of drug-likeness (QED) is 0.837. The van der Waals surface area contributed by atoms with Crippen LogP contribution in [-0.2, 0) is 23.6 Å². The van der Waals surface area contributed by atoms with E-state index in [9.17, 15) is 8.42 Å². The second kappa shape index (κ2) is 5.55. The van der Waals surface area contributed by atoms with Gasteiger partial charge in [0.05, 0.1) is 23.9 Å². The standard InChI is InChI=1S/C13H15N5O2S/c1-17-6-5-16-13(17)9-18(2)21(19,20)12-4-3-10(8-14)7-11(12)15/h3-7H,9,15H2,1-2H3. The summed E-state index contributed by atoms with van der Waals surface area (Å²) in [5.74, 6) is 0.619. The molecule has 8 heteroatoms. The van der Waals surface area contributed by atoms with E-state index in [0.29, 0.717) is 11.4 Å². The van der Waals surface area contributed by atoms with Crippen LogP contribution in [0.4, 0.5) is 5.69 Å². The number of nitrogens with two attached hydrogens (primary N) is 1. The molecular formula is C13H15N5O2S. The van der Waals surface area contributed by atoms with Gasteiger partial charge in [-0.1, -0.05) is 0 Å². The average Bonchev–Trinajstić information content (AvgIpc) is 2.83. The van der Waals surface area contributed by atoms with Gasteiger partial charge in [0.25, 0.3) is 0 Å². The Balaban J connectivity index is 2.34. The molecule has 1 aromatic carbocycles. The highest BCUT2D eigenvalue weighted by Crippen LogP contribution is 2.23. The number of nitrogens with zero attached hydrogens (tertiary/aromatic N) is 4. The van der Waals surface area contributed by atoms with Gasteiger partial charge in [0.1, 0.15) is 10.7 Å². The van der Waals surface area contributed by atoms with Gasteiger partial charge < -0.3 is 10.3 Å². The lowest BCUT2D eigenvalue weighted by molar-refractivity contribution is 0.451. The topological polar surface area (TPSA) is 105 Å². The average molecular weight is 305 g/mol. The second-order valence-corrected chi connectivity index (χ2v) is 6.59. The van der Waals surface area contributed by atoms with Crippen LogP contribution in [0.1, 0.15) is 11.4 Å². The van der Waals surface area contributed by atoms with Gasteiger partial charge in [-0.3, -0.25) is 0 Å². The van der Waals surface area contributed by atoms with Gasteiger partial charge in [0.15, 0.2) is 0 Å². The molecule has 0 saturated carbocycles. The highest BCUT2D eigenvalue weighted by molar-refractivity contribution is 7.89. The lowest BCUT2D eigenvalue weighted by atomic mass is 10.2. The number of rotatable bonds is 4. The van der Waals surface area contributed by atoms with Gasteiger partial charge in [-0.05, 0) is 18.2 Å². The number of benzene rings is 1. The third kappa shape index (κ3) is 2.89. The van der Waals surface area contributed by atoms with Crippen molar-refractivity contribution < 1.29 is 8.42 Å². The second-order valence-electron chi connectivity index (χ2n) is 4.58. The Morgan fingerprint density at radius 3 is 2.71 bits per heavy atom. The predicted molar refractivity (Wildman–Crippen MR) is 77.4 cm³/mol. The predicted octanol–water partition coefficient (Wildman–Crippen LogP) is 0.695. The van der Waals surface area contributed by atoms with Crippen molar-refractivity contribution in [3.63, 3.8) is 0 Å². The molecule has 0 aliphatic carbocycles. The summed E-state index contributed by atoms with van der Waals surface area (Å²) in [5.41, 5.74) is 6.12. The van der Waals surface area contributed by atoms with Crippen molar-refractivity contribution in [2.45, 2.75) is 11.4 Å². The van der Waals surface area contributed by atoms with Crippen LogP contribution in [0.5, 0.6) is 0 Å². The largest absolute Gasteiger partial charge is 0.398 e. The van der Waals surface area contributed by atoms with Crippen LogP contribution in [0, 0.1) is 11.3 Å². The molecule has 0 fully saturated rings. The molecule has 2 N–H and O–H groups in total. The number of nitriles is 1. The maximum Gasteiger partial charge on any atom is 0.245 e.